The number of nitrogen functional groups attached to an aromatic ring is 1. The number of thiazole rings is 1. The van der Waals surface area contributed by atoms with Gasteiger partial charge in [0.2, 0.25) is 0 Å². The van der Waals surface area contributed by atoms with Gasteiger partial charge in [0, 0.05) is 28.9 Å². The van der Waals surface area contributed by atoms with E-state index in [-0.39, 0.29) is 0 Å². The van der Waals surface area contributed by atoms with Gasteiger partial charge in [0.1, 0.15) is 11.2 Å². The first-order valence-corrected chi connectivity index (χ1v) is 10.0. The number of nitrogens with zero attached hydrogens (tertiary/aromatic N) is 4. The highest BCUT2D eigenvalue weighted by Gasteiger charge is 2.22. The van der Waals surface area contributed by atoms with Crippen molar-refractivity contribution in [1.29, 1.82) is 5.26 Å². The Balaban J connectivity index is 1.86. The Bertz CT molecular complexity index is 1310. The summed E-state index contributed by atoms with van der Waals surface area (Å²) >= 11 is 1.35. The molecule has 30 heavy (non-hydrogen) atoms. The van der Waals surface area contributed by atoms with Crippen LogP contribution in [-0.4, -0.2) is 26.2 Å². The molecule has 0 amide bonds. The third-order valence-electron chi connectivity index (χ3n) is 4.33. The van der Waals surface area contributed by atoms with Crippen molar-refractivity contribution >= 4 is 33.6 Å². The molecular formula is C22H19N5O2S. The first kappa shape index (κ1) is 19.6. The smallest absolute Gasteiger partial charge is 0.420 e. The van der Waals surface area contributed by atoms with Crippen LogP contribution < -0.4 is 5.73 Å². The van der Waals surface area contributed by atoms with Gasteiger partial charge in [-0.2, -0.15) is 5.26 Å². The van der Waals surface area contributed by atoms with E-state index in [1.165, 1.54) is 15.9 Å². The number of rotatable bonds is 2. The van der Waals surface area contributed by atoms with Crippen LogP contribution in [0, 0.1) is 11.3 Å². The molecule has 0 spiro atoms. The molecule has 4 rings (SSSR count). The average Bonchev–Trinajstić information content (AvgIpc) is 3.30. The molecule has 7 nitrogen and oxygen atoms in total. The molecule has 0 saturated carbocycles. The number of nitriles is 1. The van der Waals surface area contributed by atoms with E-state index in [0.717, 1.165) is 21.4 Å². The molecule has 0 saturated heterocycles. The molecule has 4 aromatic rings. The van der Waals surface area contributed by atoms with Gasteiger partial charge in [-0.25, -0.2) is 19.3 Å². The quantitative estimate of drug-likeness (QED) is 0.488. The predicted octanol–water partition coefficient (Wildman–Crippen LogP) is 5.06. The van der Waals surface area contributed by atoms with Gasteiger partial charge < -0.3 is 10.5 Å². The van der Waals surface area contributed by atoms with E-state index in [1.807, 2.05) is 45.0 Å². The van der Waals surface area contributed by atoms with Crippen molar-refractivity contribution in [2.24, 2.45) is 0 Å². The van der Waals surface area contributed by atoms with Crippen LogP contribution in [0.15, 0.2) is 48.8 Å². The summed E-state index contributed by atoms with van der Waals surface area (Å²) in [5, 5.41) is 10.4. The SMILES string of the molecule is CC(C)(C)OC(=O)n1ccc2c(-c3sc(N)nc3-c3cccc(C#N)c3)ccnc21. The van der Waals surface area contributed by atoms with Crippen LogP contribution in [0.2, 0.25) is 0 Å². The zero-order valence-electron chi connectivity index (χ0n) is 16.7. The van der Waals surface area contributed by atoms with E-state index in [4.69, 9.17) is 10.5 Å². The van der Waals surface area contributed by atoms with Crippen LogP contribution >= 0.6 is 11.3 Å². The van der Waals surface area contributed by atoms with Crippen LogP contribution in [0.1, 0.15) is 26.3 Å². The number of ether oxygens (including phenoxy) is 1. The molecule has 0 unspecified atom stereocenters. The molecule has 3 aromatic heterocycles. The second-order valence-electron chi connectivity index (χ2n) is 7.68. The minimum Gasteiger partial charge on any atom is -0.443 e. The van der Waals surface area contributed by atoms with Gasteiger partial charge in [-0.1, -0.05) is 23.5 Å². The van der Waals surface area contributed by atoms with Crippen LogP contribution in [0.3, 0.4) is 0 Å². The Morgan fingerprint density at radius 1 is 1.27 bits per heavy atom. The summed E-state index contributed by atoms with van der Waals surface area (Å²) in [5.41, 5.74) is 8.80. The van der Waals surface area contributed by atoms with E-state index in [2.05, 4.69) is 16.0 Å². The highest BCUT2D eigenvalue weighted by atomic mass is 32.1. The van der Waals surface area contributed by atoms with Crippen molar-refractivity contribution in [3.63, 3.8) is 0 Å². The van der Waals surface area contributed by atoms with Gasteiger partial charge in [-0.3, -0.25) is 0 Å². The minimum absolute atomic E-state index is 0.416. The normalized spacial score (nSPS) is 11.4. The van der Waals surface area contributed by atoms with Crippen molar-refractivity contribution < 1.29 is 9.53 Å². The van der Waals surface area contributed by atoms with E-state index >= 15 is 0 Å². The Morgan fingerprint density at radius 2 is 2.07 bits per heavy atom. The Kier molecular flexibility index (Phi) is 4.76. The van der Waals surface area contributed by atoms with Gasteiger partial charge >= 0.3 is 6.09 Å². The van der Waals surface area contributed by atoms with Crippen molar-refractivity contribution in [3.8, 4) is 27.8 Å². The lowest BCUT2D eigenvalue weighted by Gasteiger charge is -2.19. The molecule has 0 radical (unpaired) electrons. The molecule has 0 fully saturated rings. The fraction of sp³-hybridized carbons (Fsp3) is 0.182. The number of fused-ring (bicyclic) bond motifs is 1. The van der Waals surface area contributed by atoms with E-state index in [1.54, 1.807) is 24.5 Å². The lowest BCUT2D eigenvalue weighted by atomic mass is 10.0. The number of benzene rings is 1. The summed E-state index contributed by atoms with van der Waals surface area (Å²) in [6.07, 6.45) is 2.80. The van der Waals surface area contributed by atoms with Gasteiger partial charge in [-0.05, 0) is 45.0 Å². The fourth-order valence-corrected chi connectivity index (χ4v) is 4.04. The number of nitrogens with two attached hydrogens (primary N) is 1. The summed E-state index contributed by atoms with van der Waals surface area (Å²) in [4.78, 5) is 22.3. The molecule has 0 aliphatic heterocycles. The zero-order chi connectivity index (χ0) is 21.5. The van der Waals surface area contributed by atoms with Crippen molar-refractivity contribution in [2.45, 2.75) is 26.4 Å². The first-order chi connectivity index (χ1) is 14.3. The maximum atomic E-state index is 12.6. The van der Waals surface area contributed by atoms with Crippen LogP contribution in [0.5, 0.6) is 0 Å². The Labute approximate surface area is 177 Å². The number of hydrogen-bond acceptors (Lipinski definition) is 7. The molecule has 8 heteroatoms. The van der Waals surface area contributed by atoms with Crippen LogP contribution in [-0.2, 0) is 4.74 Å². The summed E-state index contributed by atoms with van der Waals surface area (Å²) in [5.74, 6) is 0. The van der Waals surface area contributed by atoms with Crippen molar-refractivity contribution in [2.75, 3.05) is 5.73 Å². The summed E-state index contributed by atoms with van der Waals surface area (Å²) in [6, 6.07) is 13.1. The highest BCUT2D eigenvalue weighted by molar-refractivity contribution is 7.19. The Hall–Kier alpha value is -3.70. The molecule has 0 bridgehead atoms. The molecule has 0 atom stereocenters. The fourth-order valence-electron chi connectivity index (χ4n) is 3.15. The molecular weight excluding hydrogens is 398 g/mol. The summed E-state index contributed by atoms with van der Waals surface area (Å²) in [7, 11) is 0. The topological polar surface area (TPSA) is 107 Å². The van der Waals surface area contributed by atoms with Gasteiger partial charge in [-0.15, -0.1) is 0 Å². The number of pyridine rings is 1. The zero-order valence-corrected chi connectivity index (χ0v) is 17.5. The number of carbonyl (C=O) groups is 1. The van der Waals surface area contributed by atoms with Gasteiger partial charge in [0.15, 0.2) is 5.13 Å². The average molecular weight is 417 g/mol. The number of hydrogen-bond donors (Lipinski definition) is 1. The van der Waals surface area contributed by atoms with E-state index in [0.29, 0.717) is 22.0 Å². The lowest BCUT2D eigenvalue weighted by Crippen LogP contribution is -2.26. The maximum Gasteiger partial charge on any atom is 0.420 e. The predicted molar refractivity (Wildman–Crippen MR) is 117 cm³/mol. The third-order valence-corrected chi connectivity index (χ3v) is 5.25. The van der Waals surface area contributed by atoms with E-state index in [9.17, 15) is 10.1 Å². The number of anilines is 1. The molecule has 2 N–H and O–H groups in total. The van der Waals surface area contributed by atoms with Crippen molar-refractivity contribution in [3.05, 3.63) is 54.4 Å². The first-order valence-electron chi connectivity index (χ1n) is 9.23. The minimum atomic E-state index is -0.615. The molecule has 0 aliphatic carbocycles. The maximum absolute atomic E-state index is 12.6. The second kappa shape index (κ2) is 7.28. The van der Waals surface area contributed by atoms with E-state index < -0.39 is 11.7 Å². The second-order valence-corrected chi connectivity index (χ2v) is 8.71. The number of aromatic nitrogens is 3. The number of carbonyl (C=O) groups excluding carboxylic acids is 1. The molecule has 150 valence electrons. The monoisotopic (exact) mass is 417 g/mol. The summed E-state index contributed by atoms with van der Waals surface area (Å²) in [6.45, 7) is 5.45. The van der Waals surface area contributed by atoms with Gasteiger partial charge in [0.25, 0.3) is 0 Å². The Morgan fingerprint density at radius 3 is 2.80 bits per heavy atom. The standard InChI is InChI=1S/C22H19N5O2S/c1-22(2,3)29-21(28)27-10-8-16-15(7-9-25-19(16)27)18-17(26-20(24)30-18)14-6-4-5-13(11-14)12-23/h4-11H,1-3H3,(H2,24,26). The largest absolute Gasteiger partial charge is 0.443 e. The molecule has 0 aliphatic rings. The summed E-state index contributed by atoms with van der Waals surface area (Å²) < 4.78 is 6.88. The molecule has 1 aromatic carbocycles. The third kappa shape index (κ3) is 3.63. The lowest BCUT2D eigenvalue weighted by molar-refractivity contribution is 0.0543. The highest BCUT2D eigenvalue weighted by Crippen LogP contribution is 2.41. The van der Waals surface area contributed by atoms with Crippen LogP contribution in [0.25, 0.3) is 32.7 Å². The van der Waals surface area contributed by atoms with Crippen LogP contribution in [0.4, 0.5) is 9.93 Å². The van der Waals surface area contributed by atoms with Crippen molar-refractivity contribution in [1.82, 2.24) is 14.5 Å². The van der Waals surface area contributed by atoms with Gasteiger partial charge in [0.05, 0.1) is 22.2 Å². The molecule has 3 heterocycles.